The number of ether oxygens (including phenoxy) is 2. The van der Waals surface area contributed by atoms with Crippen LogP contribution in [0.3, 0.4) is 0 Å². The van der Waals surface area contributed by atoms with E-state index < -0.39 is 11.6 Å². The van der Waals surface area contributed by atoms with Crippen molar-refractivity contribution in [3.63, 3.8) is 0 Å². The van der Waals surface area contributed by atoms with E-state index in [4.69, 9.17) is 25.6 Å². The molecule has 0 saturated carbocycles. The predicted molar refractivity (Wildman–Crippen MR) is 96.6 cm³/mol. The summed E-state index contributed by atoms with van der Waals surface area (Å²) in [5.41, 5.74) is 1.09. The molecular formula is C19H15ClN2O5. The van der Waals surface area contributed by atoms with Gasteiger partial charge in [-0.15, -0.1) is 0 Å². The van der Waals surface area contributed by atoms with Crippen molar-refractivity contribution in [3.8, 4) is 28.6 Å². The van der Waals surface area contributed by atoms with Crippen LogP contribution in [0.5, 0.6) is 17.2 Å². The van der Waals surface area contributed by atoms with Crippen molar-refractivity contribution in [1.82, 2.24) is 10.1 Å². The first kappa shape index (κ1) is 17.4. The van der Waals surface area contributed by atoms with E-state index in [1.165, 1.54) is 18.5 Å². The average Bonchev–Trinajstić information content (AvgIpc) is 3.21. The van der Waals surface area contributed by atoms with Gasteiger partial charge in [-0.3, -0.25) is 0 Å². The highest BCUT2D eigenvalue weighted by atomic mass is 35.5. The molecule has 1 N–H and O–H groups in total. The highest BCUT2D eigenvalue weighted by Gasteiger charge is 2.34. The van der Waals surface area contributed by atoms with Gasteiger partial charge in [-0.2, -0.15) is 4.98 Å². The Morgan fingerprint density at radius 3 is 2.78 bits per heavy atom. The Labute approximate surface area is 159 Å². The molecule has 0 bridgehead atoms. The van der Waals surface area contributed by atoms with Gasteiger partial charge in [-0.1, -0.05) is 16.8 Å². The molecule has 0 radical (unpaired) electrons. The number of aromatic nitrogens is 2. The summed E-state index contributed by atoms with van der Waals surface area (Å²) in [5.74, 6) is 0.724. The molecule has 0 spiro atoms. The van der Waals surface area contributed by atoms with Crippen molar-refractivity contribution in [2.45, 2.75) is 25.9 Å². The zero-order chi connectivity index (χ0) is 19.2. The standard InChI is InChI=1S/C19H15ClN2O5/c1-19(2)8-13-15(5-10(18(23)24)6-16(13)27-19)26-11-3-4-12(14(20)7-11)17-21-9-25-22-17/h3-7,9H,8H2,1-2H3,(H,23,24). The predicted octanol–water partition coefficient (Wildman–Crippen LogP) is 4.59. The maximum absolute atomic E-state index is 11.4. The fourth-order valence-electron chi connectivity index (χ4n) is 3.02. The van der Waals surface area contributed by atoms with Crippen molar-refractivity contribution in [2.75, 3.05) is 0 Å². The Morgan fingerprint density at radius 1 is 1.30 bits per heavy atom. The fraction of sp³-hybridized carbons (Fsp3) is 0.211. The second kappa shape index (κ2) is 6.28. The highest BCUT2D eigenvalue weighted by molar-refractivity contribution is 6.33. The molecule has 138 valence electrons. The maximum Gasteiger partial charge on any atom is 0.335 e. The summed E-state index contributed by atoms with van der Waals surface area (Å²) in [6, 6.07) is 8.05. The number of aromatic carboxylic acids is 1. The molecule has 7 nitrogen and oxygen atoms in total. The first-order chi connectivity index (χ1) is 12.8. The maximum atomic E-state index is 11.4. The molecule has 27 heavy (non-hydrogen) atoms. The second-order valence-corrected chi connectivity index (χ2v) is 7.20. The Balaban J connectivity index is 1.71. The third kappa shape index (κ3) is 3.33. The van der Waals surface area contributed by atoms with Crippen molar-refractivity contribution in [2.24, 2.45) is 0 Å². The minimum atomic E-state index is -1.05. The third-order valence-corrected chi connectivity index (χ3v) is 4.49. The first-order valence-corrected chi connectivity index (χ1v) is 8.53. The molecule has 2 heterocycles. The van der Waals surface area contributed by atoms with Crippen LogP contribution in [0.4, 0.5) is 0 Å². The Hall–Kier alpha value is -3.06. The van der Waals surface area contributed by atoms with Crippen LogP contribution in [0.1, 0.15) is 29.8 Å². The minimum absolute atomic E-state index is 0.0935. The van der Waals surface area contributed by atoms with Gasteiger partial charge in [-0.25, -0.2) is 4.79 Å². The van der Waals surface area contributed by atoms with Gasteiger partial charge < -0.3 is 19.1 Å². The molecule has 0 fully saturated rings. The van der Waals surface area contributed by atoms with Crippen molar-refractivity contribution in [1.29, 1.82) is 0 Å². The lowest BCUT2D eigenvalue weighted by Gasteiger charge is -2.16. The lowest BCUT2D eigenvalue weighted by molar-refractivity contribution is 0.0695. The molecule has 1 aliphatic rings. The zero-order valence-electron chi connectivity index (χ0n) is 14.5. The highest BCUT2D eigenvalue weighted by Crippen LogP contribution is 2.43. The quantitative estimate of drug-likeness (QED) is 0.700. The molecule has 2 aromatic carbocycles. The van der Waals surface area contributed by atoms with Crippen molar-refractivity contribution >= 4 is 17.6 Å². The molecule has 0 amide bonds. The van der Waals surface area contributed by atoms with Gasteiger partial charge in [0.25, 0.3) is 0 Å². The fourth-order valence-corrected chi connectivity index (χ4v) is 3.27. The molecule has 1 aliphatic heterocycles. The van der Waals surface area contributed by atoms with Gasteiger partial charge in [0.05, 0.1) is 10.6 Å². The Morgan fingerprint density at radius 2 is 2.11 bits per heavy atom. The van der Waals surface area contributed by atoms with E-state index in [0.717, 1.165) is 5.56 Å². The number of nitrogens with zero attached hydrogens (tertiary/aromatic N) is 2. The van der Waals surface area contributed by atoms with Gasteiger partial charge in [0, 0.05) is 23.6 Å². The topological polar surface area (TPSA) is 94.7 Å². The summed E-state index contributed by atoms with van der Waals surface area (Å²) in [6.45, 7) is 3.88. The van der Waals surface area contributed by atoms with Crippen molar-refractivity contribution in [3.05, 3.63) is 52.9 Å². The van der Waals surface area contributed by atoms with E-state index in [0.29, 0.717) is 40.1 Å². The molecule has 0 atom stereocenters. The van der Waals surface area contributed by atoms with Crippen LogP contribution in [-0.4, -0.2) is 26.8 Å². The molecule has 3 aromatic rings. The Kier molecular flexibility index (Phi) is 4.04. The molecule has 4 rings (SSSR count). The number of halogens is 1. The molecular weight excluding hydrogens is 372 g/mol. The van der Waals surface area contributed by atoms with Crippen molar-refractivity contribution < 1.29 is 23.9 Å². The Bertz CT molecular complexity index is 1030. The smallest absolute Gasteiger partial charge is 0.335 e. The largest absolute Gasteiger partial charge is 0.487 e. The molecule has 1 aromatic heterocycles. The number of carboxylic acid groups (broad SMARTS) is 1. The number of carboxylic acids is 1. The summed E-state index contributed by atoms with van der Waals surface area (Å²) in [7, 11) is 0. The van der Waals surface area contributed by atoms with E-state index in [1.54, 1.807) is 18.2 Å². The molecule has 8 heteroatoms. The summed E-state index contributed by atoms with van der Waals surface area (Å²) in [6.07, 6.45) is 1.82. The van der Waals surface area contributed by atoms with Gasteiger partial charge >= 0.3 is 5.97 Å². The number of hydrogen-bond donors (Lipinski definition) is 1. The molecule has 0 unspecified atom stereocenters. The molecule has 0 saturated heterocycles. The van der Waals surface area contributed by atoms with E-state index in [9.17, 15) is 9.90 Å². The first-order valence-electron chi connectivity index (χ1n) is 8.16. The van der Waals surface area contributed by atoms with Gasteiger partial charge in [-0.05, 0) is 38.1 Å². The number of fused-ring (bicyclic) bond motifs is 1. The summed E-state index contributed by atoms with van der Waals surface area (Å²) in [5, 5.41) is 13.5. The lowest BCUT2D eigenvalue weighted by atomic mass is 10.00. The summed E-state index contributed by atoms with van der Waals surface area (Å²) >= 11 is 6.31. The molecule has 0 aliphatic carbocycles. The number of benzene rings is 2. The van der Waals surface area contributed by atoms with E-state index in [1.807, 2.05) is 13.8 Å². The van der Waals surface area contributed by atoms with Gasteiger partial charge in [0.2, 0.25) is 12.2 Å². The monoisotopic (exact) mass is 386 g/mol. The minimum Gasteiger partial charge on any atom is -0.487 e. The number of hydrogen-bond acceptors (Lipinski definition) is 6. The van der Waals surface area contributed by atoms with Crippen LogP contribution in [0.2, 0.25) is 5.02 Å². The average molecular weight is 387 g/mol. The SMILES string of the molecule is CC1(C)Cc2c(Oc3ccc(-c4ncon4)c(Cl)c3)cc(C(=O)O)cc2O1. The van der Waals surface area contributed by atoms with Crippen LogP contribution in [0.25, 0.3) is 11.4 Å². The normalized spacial score (nSPS) is 14.5. The van der Waals surface area contributed by atoms with Gasteiger partial charge in [0.1, 0.15) is 22.8 Å². The van der Waals surface area contributed by atoms with Crippen LogP contribution < -0.4 is 9.47 Å². The second-order valence-electron chi connectivity index (χ2n) is 6.79. The number of rotatable bonds is 4. The lowest BCUT2D eigenvalue weighted by Crippen LogP contribution is -2.24. The van der Waals surface area contributed by atoms with Crippen LogP contribution in [0, 0.1) is 0 Å². The van der Waals surface area contributed by atoms with E-state index >= 15 is 0 Å². The summed E-state index contributed by atoms with van der Waals surface area (Å²) in [4.78, 5) is 15.4. The zero-order valence-corrected chi connectivity index (χ0v) is 15.3. The van der Waals surface area contributed by atoms with Crippen LogP contribution in [0.15, 0.2) is 41.2 Å². The number of carbonyl (C=O) groups is 1. The van der Waals surface area contributed by atoms with Crippen LogP contribution in [-0.2, 0) is 6.42 Å². The van der Waals surface area contributed by atoms with Crippen LogP contribution >= 0.6 is 11.6 Å². The van der Waals surface area contributed by atoms with E-state index in [2.05, 4.69) is 10.1 Å². The van der Waals surface area contributed by atoms with Gasteiger partial charge in [0.15, 0.2) is 0 Å². The summed E-state index contributed by atoms with van der Waals surface area (Å²) < 4.78 is 16.6. The van der Waals surface area contributed by atoms with E-state index in [-0.39, 0.29) is 5.56 Å². The third-order valence-electron chi connectivity index (χ3n) is 4.17.